The van der Waals surface area contributed by atoms with Gasteiger partial charge in [0, 0.05) is 19.1 Å². The number of alkyl halides is 2. The van der Waals surface area contributed by atoms with Crippen LogP contribution in [-0.2, 0) is 9.53 Å². The molecule has 4 nitrogen and oxygen atoms in total. The van der Waals surface area contributed by atoms with E-state index >= 15 is 0 Å². The molecule has 0 spiro atoms. The Hall–Kier alpha value is -0.750. The van der Waals surface area contributed by atoms with Crippen molar-refractivity contribution in [3.63, 3.8) is 0 Å². The summed E-state index contributed by atoms with van der Waals surface area (Å²) in [5.41, 5.74) is 0. The van der Waals surface area contributed by atoms with Crippen LogP contribution >= 0.6 is 0 Å². The molecule has 1 heterocycles. The van der Waals surface area contributed by atoms with Crippen LogP contribution in [0.2, 0.25) is 0 Å². The van der Waals surface area contributed by atoms with Gasteiger partial charge in [0.25, 0.3) is 0 Å². The number of cyclic esters (lactones) is 1. The van der Waals surface area contributed by atoms with Gasteiger partial charge < -0.3 is 15.0 Å². The normalized spacial score (nSPS) is 24.7. The molecule has 2 atom stereocenters. The van der Waals surface area contributed by atoms with E-state index in [2.05, 4.69) is 23.9 Å². The molecule has 1 fully saturated rings. The first-order valence-electron chi connectivity index (χ1n) is 6.19. The van der Waals surface area contributed by atoms with E-state index in [-0.39, 0.29) is 12.6 Å². The zero-order chi connectivity index (χ0) is 13.9. The van der Waals surface area contributed by atoms with E-state index in [1.54, 1.807) is 0 Å². The predicted octanol–water partition coefficient (Wildman–Crippen LogP) is 1.11. The number of nitrogens with one attached hydrogen (secondary N) is 1. The number of halogens is 2. The van der Waals surface area contributed by atoms with Crippen molar-refractivity contribution < 1.29 is 18.3 Å². The standard InChI is InChI=1S/C12H22F2N2O2/c1-8(2)10(7-16(3)4)15-6-9-5-12(13,14)11(17)18-9/h8-10,15H,5-7H2,1-4H3. The Balaban J connectivity index is 2.42. The fourth-order valence-corrected chi connectivity index (χ4v) is 1.95. The van der Waals surface area contributed by atoms with Crippen LogP contribution in [-0.4, -0.2) is 56.1 Å². The van der Waals surface area contributed by atoms with Crippen LogP contribution in [0.1, 0.15) is 20.3 Å². The van der Waals surface area contributed by atoms with Crippen molar-refractivity contribution in [3.8, 4) is 0 Å². The summed E-state index contributed by atoms with van der Waals surface area (Å²) in [5, 5.41) is 3.20. The summed E-state index contributed by atoms with van der Waals surface area (Å²) < 4.78 is 30.6. The molecular weight excluding hydrogens is 242 g/mol. The Bertz CT molecular complexity index is 296. The van der Waals surface area contributed by atoms with Crippen molar-refractivity contribution in [2.45, 2.75) is 38.3 Å². The predicted molar refractivity (Wildman–Crippen MR) is 64.6 cm³/mol. The zero-order valence-electron chi connectivity index (χ0n) is 11.4. The van der Waals surface area contributed by atoms with Gasteiger partial charge in [0.1, 0.15) is 6.10 Å². The highest BCUT2D eigenvalue weighted by Crippen LogP contribution is 2.30. The van der Waals surface area contributed by atoms with Crippen LogP contribution < -0.4 is 5.32 Å². The Morgan fingerprint density at radius 3 is 2.50 bits per heavy atom. The third kappa shape index (κ3) is 4.17. The molecule has 1 aliphatic rings. The number of hydrogen-bond donors (Lipinski definition) is 1. The monoisotopic (exact) mass is 264 g/mol. The van der Waals surface area contributed by atoms with E-state index < -0.39 is 24.4 Å². The van der Waals surface area contributed by atoms with Crippen molar-refractivity contribution >= 4 is 5.97 Å². The zero-order valence-corrected chi connectivity index (χ0v) is 11.4. The molecule has 2 unspecified atom stereocenters. The molecule has 0 saturated carbocycles. The van der Waals surface area contributed by atoms with Crippen LogP contribution in [0.4, 0.5) is 8.78 Å². The molecule has 0 aromatic carbocycles. The lowest BCUT2D eigenvalue weighted by molar-refractivity contribution is -0.159. The number of nitrogens with zero attached hydrogens (tertiary/aromatic N) is 1. The summed E-state index contributed by atoms with van der Waals surface area (Å²) in [5.74, 6) is -4.34. The molecule has 1 aliphatic heterocycles. The van der Waals surface area contributed by atoms with Gasteiger partial charge in [0.2, 0.25) is 0 Å². The second kappa shape index (κ2) is 5.93. The lowest BCUT2D eigenvalue weighted by Crippen LogP contribution is -2.45. The lowest BCUT2D eigenvalue weighted by Gasteiger charge is -2.26. The second-order valence-electron chi connectivity index (χ2n) is 5.46. The van der Waals surface area contributed by atoms with Gasteiger partial charge >= 0.3 is 11.9 Å². The summed E-state index contributed by atoms with van der Waals surface area (Å²) in [6, 6.07) is 0.188. The van der Waals surface area contributed by atoms with E-state index in [0.29, 0.717) is 5.92 Å². The maximum atomic E-state index is 13.0. The summed E-state index contributed by atoms with van der Waals surface area (Å²) >= 11 is 0. The SMILES string of the molecule is CC(C)C(CN(C)C)NCC1CC(F)(F)C(=O)O1. The first-order chi connectivity index (χ1) is 8.22. The maximum Gasteiger partial charge on any atom is 0.377 e. The van der Waals surface area contributed by atoms with Crippen LogP contribution in [0.3, 0.4) is 0 Å². The first kappa shape index (κ1) is 15.3. The summed E-state index contributed by atoms with van der Waals surface area (Å²) in [6.45, 7) is 5.22. The van der Waals surface area contributed by atoms with Gasteiger partial charge in [-0.05, 0) is 20.0 Å². The molecule has 0 aromatic rings. The number of ether oxygens (including phenoxy) is 1. The third-order valence-electron chi connectivity index (χ3n) is 3.03. The molecule has 1 rings (SSSR count). The molecule has 6 heteroatoms. The minimum atomic E-state index is -3.32. The molecule has 0 bridgehead atoms. The summed E-state index contributed by atoms with van der Waals surface area (Å²) in [4.78, 5) is 12.9. The highest BCUT2D eigenvalue weighted by Gasteiger charge is 2.50. The first-order valence-corrected chi connectivity index (χ1v) is 6.19. The van der Waals surface area contributed by atoms with Crippen LogP contribution in [0, 0.1) is 5.92 Å². The summed E-state index contributed by atoms with van der Waals surface area (Å²) in [7, 11) is 3.92. The Kier molecular flexibility index (Phi) is 5.04. The van der Waals surface area contributed by atoms with Crippen molar-refractivity contribution in [2.24, 2.45) is 5.92 Å². The molecule has 1 N–H and O–H groups in total. The Morgan fingerprint density at radius 1 is 1.50 bits per heavy atom. The minimum absolute atomic E-state index is 0.188. The largest absolute Gasteiger partial charge is 0.456 e. The molecule has 0 amide bonds. The summed E-state index contributed by atoms with van der Waals surface area (Å²) in [6.07, 6.45) is -1.25. The fourth-order valence-electron chi connectivity index (χ4n) is 1.95. The van der Waals surface area contributed by atoms with Crippen molar-refractivity contribution in [2.75, 3.05) is 27.2 Å². The number of hydrogen-bond acceptors (Lipinski definition) is 4. The third-order valence-corrected chi connectivity index (χ3v) is 3.03. The quantitative estimate of drug-likeness (QED) is 0.730. The topological polar surface area (TPSA) is 41.6 Å². The van der Waals surface area contributed by atoms with Crippen LogP contribution in [0.15, 0.2) is 0 Å². The molecular formula is C12H22F2N2O2. The number of carbonyl (C=O) groups excluding carboxylic acids is 1. The average Bonchev–Trinajstić information content (AvgIpc) is 2.46. The molecule has 0 radical (unpaired) electrons. The van der Waals surface area contributed by atoms with Gasteiger partial charge in [-0.15, -0.1) is 0 Å². The van der Waals surface area contributed by atoms with Gasteiger partial charge in [-0.2, -0.15) is 8.78 Å². The number of rotatable bonds is 6. The lowest BCUT2D eigenvalue weighted by atomic mass is 10.0. The highest BCUT2D eigenvalue weighted by molar-refractivity contribution is 5.79. The van der Waals surface area contributed by atoms with E-state index in [1.165, 1.54) is 0 Å². The second-order valence-corrected chi connectivity index (χ2v) is 5.46. The number of carbonyl (C=O) groups is 1. The van der Waals surface area contributed by atoms with E-state index in [0.717, 1.165) is 6.54 Å². The van der Waals surface area contributed by atoms with Crippen molar-refractivity contribution in [1.82, 2.24) is 10.2 Å². The van der Waals surface area contributed by atoms with Gasteiger partial charge in [0.05, 0.1) is 6.42 Å². The number of likely N-dealkylation sites (N-methyl/N-ethyl adjacent to an activating group) is 1. The molecule has 1 saturated heterocycles. The van der Waals surface area contributed by atoms with Crippen LogP contribution in [0.5, 0.6) is 0 Å². The van der Waals surface area contributed by atoms with Gasteiger partial charge in [0.15, 0.2) is 0 Å². The Morgan fingerprint density at radius 2 is 2.11 bits per heavy atom. The maximum absolute atomic E-state index is 13.0. The molecule has 106 valence electrons. The highest BCUT2D eigenvalue weighted by atomic mass is 19.3. The van der Waals surface area contributed by atoms with Crippen molar-refractivity contribution in [3.05, 3.63) is 0 Å². The van der Waals surface area contributed by atoms with Gasteiger partial charge in [-0.25, -0.2) is 4.79 Å². The van der Waals surface area contributed by atoms with E-state index in [4.69, 9.17) is 0 Å². The molecule has 0 aliphatic carbocycles. The van der Waals surface area contributed by atoms with E-state index in [1.807, 2.05) is 19.0 Å². The fraction of sp³-hybridized carbons (Fsp3) is 0.917. The smallest absolute Gasteiger partial charge is 0.377 e. The molecule has 18 heavy (non-hydrogen) atoms. The van der Waals surface area contributed by atoms with Crippen molar-refractivity contribution in [1.29, 1.82) is 0 Å². The molecule has 0 aromatic heterocycles. The minimum Gasteiger partial charge on any atom is -0.456 e. The Labute approximate surface area is 107 Å². The van der Waals surface area contributed by atoms with Crippen LogP contribution in [0.25, 0.3) is 0 Å². The van der Waals surface area contributed by atoms with Gasteiger partial charge in [-0.1, -0.05) is 13.8 Å². The number of esters is 1. The van der Waals surface area contributed by atoms with Gasteiger partial charge in [-0.3, -0.25) is 0 Å². The average molecular weight is 264 g/mol. The van der Waals surface area contributed by atoms with E-state index in [9.17, 15) is 13.6 Å².